The van der Waals surface area contributed by atoms with Gasteiger partial charge in [-0.2, -0.15) is 5.26 Å². The Hall–Kier alpha value is -2.44. The molecule has 0 aliphatic heterocycles. The van der Waals surface area contributed by atoms with Gasteiger partial charge in [-0.05, 0) is 35.9 Å². The van der Waals surface area contributed by atoms with Gasteiger partial charge in [0.25, 0.3) is 0 Å². The number of nitriles is 1. The van der Waals surface area contributed by atoms with Crippen LogP contribution in [0.3, 0.4) is 0 Å². The van der Waals surface area contributed by atoms with Crippen molar-refractivity contribution in [2.45, 2.75) is 6.54 Å². The zero-order valence-electron chi connectivity index (χ0n) is 11.5. The Morgan fingerprint density at radius 1 is 1.24 bits per heavy atom. The van der Waals surface area contributed by atoms with Crippen molar-refractivity contribution >= 4 is 17.3 Å². The highest BCUT2D eigenvalue weighted by molar-refractivity contribution is 6.32. The van der Waals surface area contributed by atoms with Crippen LogP contribution in [0.5, 0.6) is 5.75 Å². The molecule has 0 aliphatic carbocycles. The van der Waals surface area contributed by atoms with Crippen molar-refractivity contribution in [3.63, 3.8) is 0 Å². The predicted octanol–water partition coefficient (Wildman–Crippen LogP) is 4.39. The van der Waals surface area contributed by atoms with Gasteiger partial charge in [0.15, 0.2) is 0 Å². The molecule has 2 aromatic carbocycles. The van der Waals surface area contributed by atoms with Gasteiger partial charge in [0.2, 0.25) is 0 Å². The van der Waals surface area contributed by atoms with Crippen molar-refractivity contribution in [1.29, 1.82) is 5.26 Å². The highest BCUT2D eigenvalue weighted by Gasteiger charge is 2.01. The molecule has 4 heteroatoms. The van der Waals surface area contributed by atoms with Gasteiger partial charge in [-0.15, -0.1) is 0 Å². The Balaban J connectivity index is 1.95. The van der Waals surface area contributed by atoms with Gasteiger partial charge in [-0.1, -0.05) is 36.4 Å². The van der Waals surface area contributed by atoms with Crippen molar-refractivity contribution < 1.29 is 4.74 Å². The number of benzene rings is 2. The van der Waals surface area contributed by atoms with E-state index in [-0.39, 0.29) is 0 Å². The van der Waals surface area contributed by atoms with E-state index in [1.165, 1.54) is 0 Å². The summed E-state index contributed by atoms with van der Waals surface area (Å²) < 4.78 is 5.43. The molecule has 2 aromatic rings. The molecule has 0 saturated heterocycles. The Morgan fingerprint density at radius 2 is 2.00 bits per heavy atom. The minimum Gasteiger partial charge on any atom is -0.490 e. The highest BCUT2D eigenvalue weighted by atomic mass is 35.5. The molecule has 106 valence electrons. The fraction of sp³-hybridized carbons (Fsp3) is 0.118. The molecule has 1 N–H and O–H groups in total. The number of hydrogen-bond donors (Lipinski definition) is 1. The van der Waals surface area contributed by atoms with Gasteiger partial charge in [-0.3, -0.25) is 0 Å². The summed E-state index contributed by atoms with van der Waals surface area (Å²) in [6.45, 7) is 4.78. The van der Waals surface area contributed by atoms with Crippen LogP contribution in [0.15, 0.2) is 55.1 Å². The average molecular weight is 299 g/mol. The molecule has 0 spiro atoms. The van der Waals surface area contributed by atoms with Crippen LogP contribution in [-0.4, -0.2) is 6.61 Å². The lowest BCUT2D eigenvalue weighted by Gasteiger charge is -2.08. The van der Waals surface area contributed by atoms with Crippen LogP contribution in [0, 0.1) is 11.3 Å². The first kappa shape index (κ1) is 15.0. The fourth-order valence-electron chi connectivity index (χ4n) is 1.78. The van der Waals surface area contributed by atoms with Crippen LogP contribution in [0.25, 0.3) is 0 Å². The van der Waals surface area contributed by atoms with Crippen LogP contribution in [0.1, 0.15) is 11.1 Å². The second-order valence-electron chi connectivity index (χ2n) is 4.40. The second kappa shape index (κ2) is 7.37. The topological polar surface area (TPSA) is 45.0 Å². The standard InChI is InChI=1S/C17H15ClN2O/c1-2-9-21-16-7-3-13(4-8-16)12-20-15-6-5-14(11-19)17(18)10-15/h2-8,10,20H,1,9,12H2. The normalized spacial score (nSPS) is 9.71. The monoisotopic (exact) mass is 298 g/mol. The van der Waals surface area contributed by atoms with E-state index in [2.05, 4.69) is 11.9 Å². The molecule has 0 radical (unpaired) electrons. The summed E-state index contributed by atoms with van der Waals surface area (Å²) in [5.74, 6) is 0.820. The Morgan fingerprint density at radius 3 is 2.62 bits per heavy atom. The van der Waals surface area contributed by atoms with Gasteiger partial charge >= 0.3 is 0 Å². The summed E-state index contributed by atoms with van der Waals surface area (Å²) in [5, 5.41) is 12.6. The third-order valence-corrected chi connectivity index (χ3v) is 3.19. The largest absolute Gasteiger partial charge is 0.490 e. The lowest BCUT2D eigenvalue weighted by atomic mass is 10.2. The van der Waals surface area contributed by atoms with Crippen LogP contribution in [-0.2, 0) is 6.54 Å². The summed E-state index contributed by atoms with van der Waals surface area (Å²) in [6.07, 6.45) is 1.71. The lowest BCUT2D eigenvalue weighted by Crippen LogP contribution is -2.00. The third kappa shape index (κ3) is 4.27. The van der Waals surface area contributed by atoms with Crippen molar-refractivity contribution in [3.8, 4) is 11.8 Å². The molecule has 0 saturated carbocycles. The molecular weight excluding hydrogens is 284 g/mol. The zero-order valence-corrected chi connectivity index (χ0v) is 12.2. The Labute approximate surface area is 129 Å². The summed E-state index contributed by atoms with van der Waals surface area (Å²) in [6, 6.07) is 15.2. The molecule has 2 rings (SSSR count). The maximum Gasteiger partial charge on any atom is 0.119 e. The van der Waals surface area contributed by atoms with E-state index in [1.54, 1.807) is 18.2 Å². The molecular formula is C17H15ClN2O. The van der Waals surface area contributed by atoms with Gasteiger partial charge in [-0.25, -0.2) is 0 Å². The van der Waals surface area contributed by atoms with E-state index < -0.39 is 0 Å². The van der Waals surface area contributed by atoms with Crippen molar-refractivity contribution in [2.75, 3.05) is 11.9 Å². The molecule has 0 atom stereocenters. The molecule has 3 nitrogen and oxygen atoms in total. The van der Waals surface area contributed by atoms with Crippen LogP contribution in [0.4, 0.5) is 5.69 Å². The lowest BCUT2D eigenvalue weighted by molar-refractivity contribution is 0.363. The zero-order chi connectivity index (χ0) is 15.1. The number of rotatable bonds is 6. The predicted molar refractivity (Wildman–Crippen MR) is 85.6 cm³/mol. The number of nitrogens with zero attached hydrogens (tertiary/aromatic N) is 1. The Kier molecular flexibility index (Phi) is 5.25. The summed E-state index contributed by atoms with van der Waals surface area (Å²) in [7, 11) is 0. The molecule has 21 heavy (non-hydrogen) atoms. The van der Waals surface area contributed by atoms with Crippen LogP contribution < -0.4 is 10.1 Å². The average Bonchev–Trinajstić information content (AvgIpc) is 2.52. The van der Waals surface area contributed by atoms with E-state index in [9.17, 15) is 0 Å². The van der Waals surface area contributed by atoms with Gasteiger partial charge in [0, 0.05) is 12.2 Å². The minimum atomic E-state index is 0.454. The number of hydrogen-bond acceptors (Lipinski definition) is 3. The summed E-state index contributed by atoms with van der Waals surface area (Å²) in [5.41, 5.74) is 2.48. The van der Waals surface area contributed by atoms with Gasteiger partial charge in [0.1, 0.15) is 18.4 Å². The highest BCUT2D eigenvalue weighted by Crippen LogP contribution is 2.21. The first-order valence-electron chi connectivity index (χ1n) is 6.49. The Bertz CT molecular complexity index is 659. The van der Waals surface area contributed by atoms with Crippen molar-refractivity contribution in [1.82, 2.24) is 0 Å². The SMILES string of the molecule is C=CCOc1ccc(CNc2ccc(C#N)c(Cl)c2)cc1. The molecule has 0 fully saturated rings. The van der Waals surface area contributed by atoms with Crippen molar-refractivity contribution in [2.24, 2.45) is 0 Å². The molecule has 0 aromatic heterocycles. The maximum absolute atomic E-state index is 8.83. The molecule has 0 unspecified atom stereocenters. The number of ether oxygens (including phenoxy) is 1. The van der Waals surface area contributed by atoms with E-state index in [0.29, 0.717) is 23.7 Å². The van der Waals surface area contributed by atoms with Crippen LogP contribution in [0.2, 0.25) is 5.02 Å². The van der Waals surface area contributed by atoms with Crippen LogP contribution >= 0.6 is 11.6 Å². The van der Waals surface area contributed by atoms with E-state index in [1.807, 2.05) is 36.4 Å². The van der Waals surface area contributed by atoms with E-state index in [4.69, 9.17) is 21.6 Å². The summed E-state index contributed by atoms with van der Waals surface area (Å²) >= 11 is 5.99. The second-order valence-corrected chi connectivity index (χ2v) is 4.81. The minimum absolute atomic E-state index is 0.454. The maximum atomic E-state index is 8.83. The smallest absolute Gasteiger partial charge is 0.119 e. The first-order chi connectivity index (χ1) is 10.2. The van der Waals surface area contributed by atoms with Crippen molar-refractivity contribution in [3.05, 3.63) is 71.3 Å². The molecule has 0 amide bonds. The molecule has 0 bridgehead atoms. The first-order valence-corrected chi connectivity index (χ1v) is 6.87. The van der Waals surface area contributed by atoms with Gasteiger partial charge in [0.05, 0.1) is 10.6 Å². The fourth-order valence-corrected chi connectivity index (χ4v) is 2.00. The van der Waals surface area contributed by atoms with E-state index >= 15 is 0 Å². The van der Waals surface area contributed by atoms with E-state index in [0.717, 1.165) is 17.0 Å². The molecule has 0 aliphatic rings. The number of nitrogens with one attached hydrogen (secondary N) is 1. The van der Waals surface area contributed by atoms with Gasteiger partial charge < -0.3 is 10.1 Å². The molecule has 0 heterocycles. The quantitative estimate of drug-likeness (QED) is 0.805. The summed E-state index contributed by atoms with van der Waals surface area (Å²) in [4.78, 5) is 0. The third-order valence-electron chi connectivity index (χ3n) is 2.88. The number of anilines is 1. The number of halogens is 1.